The number of unbranched alkanes of at least 4 members (excludes halogenated alkanes) is 3. The first kappa shape index (κ1) is 20.9. The summed E-state index contributed by atoms with van der Waals surface area (Å²) in [5, 5.41) is 0. The fraction of sp³-hybridized carbons (Fsp3) is 0.882. The van der Waals surface area contributed by atoms with Crippen LogP contribution in [0.3, 0.4) is 0 Å². The summed E-state index contributed by atoms with van der Waals surface area (Å²) in [6.07, 6.45) is 4.93. The number of quaternary nitrogens is 1. The lowest BCUT2D eigenvalue weighted by molar-refractivity contribution is -0.873. The average molecular weight is 316 g/mol. The van der Waals surface area contributed by atoms with Crippen molar-refractivity contribution in [3.8, 4) is 0 Å². The maximum atomic E-state index is 11.9. The topological polar surface area (TPSA) is 52.6 Å². The zero-order valence-corrected chi connectivity index (χ0v) is 15.0. The molecule has 0 bridgehead atoms. The van der Waals surface area contributed by atoms with E-state index in [0.29, 0.717) is 24.1 Å². The van der Waals surface area contributed by atoms with E-state index in [2.05, 4.69) is 6.92 Å². The van der Waals surface area contributed by atoms with Crippen LogP contribution in [0.15, 0.2) is 0 Å². The summed E-state index contributed by atoms with van der Waals surface area (Å²) >= 11 is 0. The van der Waals surface area contributed by atoms with Crippen molar-refractivity contribution in [2.45, 2.75) is 64.9 Å². The Bertz CT molecular complexity index is 299. The molecule has 0 aliphatic heterocycles. The molecule has 0 fully saturated rings. The highest BCUT2D eigenvalue weighted by Gasteiger charge is 2.25. The standard InChI is InChI=1S/C17H34NO4/c1-6-8-10-11-16(19)22-15(14-18(3,4)5)13-17(20)21-12-9-7-2/h15H,6-14H2,1-5H3/q+1. The van der Waals surface area contributed by atoms with Crippen molar-refractivity contribution in [1.82, 2.24) is 0 Å². The van der Waals surface area contributed by atoms with Crippen LogP contribution in [0.4, 0.5) is 0 Å². The van der Waals surface area contributed by atoms with Crippen LogP contribution in [0.25, 0.3) is 0 Å². The molecule has 0 amide bonds. The second-order valence-electron chi connectivity index (χ2n) is 6.82. The van der Waals surface area contributed by atoms with Crippen molar-refractivity contribution in [2.24, 2.45) is 0 Å². The van der Waals surface area contributed by atoms with Crippen LogP contribution in [-0.2, 0) is 19.1 Å². The summed E-state index contributed by atoms with van der Waals surface area (Å²) < 4.78 is 11.3. The molecule has 22 heavy (non-hydrogen) atoms. The number of hydrogen-bond acceptors (Lipinski definition) is 4. The normalized spacial score (nSPS) is 12.8. The van der Waals surface area contributed by atoms with E-state index in [1.165, 1.54) is 0 Å². The zero-order valence-electron chi connectivity index (χ0n) is 15.0. The molecule has 0 aromatic carbocycles. The molecule has 0 heterocycles. The molecule has 0 aromatic rings. The number of likely N-dealkylation sites (N-methyl/N-ethyl adjacent to an activating group) is 1. The lowest BCUT2D eigenvalue weighted by atomic mass is 10.2. The van der Waals surface area contributed by atoms with Crippen molar-refractivity contribution >= 4 is 11.9 Å². The number of carbonyl (C=O) groups excluding carboxylic acids is 2. The van der Waals surface area contributed by atoms with Crippen LogP contribution >= 0.6 is 0 Å². The van der Waals surface area contributed by atoms with E-state index < -0.39 is 6.10 Å². The SMILES string of the molecule is CCCCCC(=O)OC(CC(=O)OCCCC)C[N+](C)(C)C. The van der Waals surface area contributed by atoms with Gasteiger partial charge in [-0.3, -0.25) is 9.59 Å². The van der Waals surface area contributed by atoms with Gasteiger partial charge in [0.2, 0.25) is 0 Å². The number of esters is 2. The maximum Gasteiger partial charge on any atom is 0.309 e. The Balaban J connectivity index is 4.36. The van der Waals surface area contributed by atoms with Gasteiger partial charge in [-0.15, -0.1) is 0 Å². The molecule has 0 spiro atoms. The third-order valence-corrected chi connectivity index (χ3v) is 3.19. The number of rotatable bonds is 12. The molecule has 0 N–H and O–H groups in total. The van der Waals surface area contributed by atoms with Gasteiger partial charge in [-0.1, -0.05) is 33.1 Å². The quantitative estimate of drug-likeness (QED) is 0.315. The molecule has 5 nitrogen and oxygen atoms in total. The number of nitrogens with zero attached hydrogens (tertiary/aromatic N) is 1. The second-order valence-corrected chi connectivity index (χ2v) is 6.82. The van der Waals surface area contributed by atoms with Gasteiger partial charge in [0.25, 0.3) is 0 Å². The van der Waals surface area contributed by atoms with Crippen molar-refractivity contribution in [3.05, 3.63) is 0 Å². The van der Waals surface area contributed by atoms with Gasteiger partial charge in [0, 0.05) is 6.42 Å². The fourth-order valence-corrected chi connectivity index (χ4v) is 2.09. The van der Waals surface area contributed by atoms with E-state index in [0.717, 1.165) is 32.1 Å². The summed E-state index contributed by atoms with van der Waals surface area (Å²) in [4.78, 5) is 23.7. The molecule has 0 rings (SSSR count). The minimum Gasteiger partial charge on any atom is -0.466 e. The van der Waals surface area contributed by atoms with E-state index in [4.69, 9.17) is 9.47 Å². The third-order valence-electron chi connectivity index (χ3n) is 3.19. The summed E-state index contributed by atoms with van der Waals surface area (Å²) in [6.45, 7) is 5.18. The minimum atomic E-state index is -0.414. The molecular formula is C17H34NO4+. The van der Waals surface area contributed by atoms with E-state index in [9.17, 15) is 9.59 Å². The summed E-state index contributed by atoms with van der Waals surface area (Å²) in [7, 11) is 6.04. The van der Waals surface area contributed by atoms with Gasteiger partial charge in [-0.25, -0.2) is 0 Å². The first-order valence-electron chi connectivity index (χ1n) is 8.44. The highest BCUT2D eigenvalue weighted by Crippen LogP contribution is 2.10. The van der Waals surface area contributed by atoms with Crippen molar-refractivity contribution in [2.75, 3.05) is 34.3 Å². The second kappa shape index (κ2) is 11.5. The molecule has 1 unspecified atom stereocenters. The first-order valence-corrected chi connectivity index (χ1v) is 8.44. The zero-order chi connectivity index (χ0) is 17.0. The average Bonchev–Trinajstić information content (AvgIpc) is 2.37. The van der Waals surface area contributed by atoms with Crippen molar-refractivity contribution in [1.29, 1.82) is 0 Å². The van der Waals surface area contributed by atoms with Gasteiger partial charge >= 0.3 is 11.9 Å². The molecule has 0 aromatic heterocycles. The summed E-state index contributed by atoms with van der Waals surface area (Å²) in [5.41, 5.74) is 0. The Hall–Kier alpha value is -1.10. The molecule has 0 saturated carbocycles. The van der Waals surface area contributed by atoms with E-state index in [-0.39, 0.29) is 18.4 Å². The van der Waals surface area contributed by atoms with Gasteiger partial charge in [-0.05, 0) is 12.8 Å². The lowest BCUT2D eigenvalue weighted by Crippen LogP contribution is -2.44. The van der Waals surface area contributed by atoms with E-state index in [1.807, 2.05) is 28.1 Å². The molecule has 0 aliphatic carbocycles. The summed E-state index contributed by atoms with van der Waals surface area (Å²) in [6, 6.07) is 0. The van der Waals surface area contributed by atoms with Gasteiger partial charge in [-0.2, -0.15) is 0 Å². The van der Waals surface area contributed by atoms with Gasteiger partial charge in [0.1, 0.15) is 6.54 Å². The van der Waals surface area contributed by atoms with Crippen molar-refractivity contribution < 1.29 is 23.5 Å². The van der Waals surface area contributed by atoms with Gasteiger partial charge in [0.15, 0.2) is 6.10 Å². The lowest BCUT2D eigenvalue weighted by Gasteiger charge is -2.28. The smallest absolute Gasteiger partial charge is 0.309 e. The number of ether oxygens (including phenoxy) is 2. The monoisotopic (exact) mass is 316 g/mol. The Labute approximate surface area is 135 Å². The highest BCUT2D eigenvalue weighted by atomic mass is 16.6. The maximum absolute atomic E-state index is 11.9. The number of carbonyl (C=O) groups is 2. The van der Waals surface area contributed by atoms with E-state index >= 15 is 0 Å². The first-order chi connectivity index (χ1) is 10.3. The molecule has 130 valence electrons. The van der Waals surface area contributed by atoms with Crippen LogP contribution in [0.2, 0.25) is 0 Å². The van der Waals surface area contributed by atoms with Crippen molar-refractivity contribution in [3.63, 3.8) is 0 Å². The Morgan fingerprint density at radius 1 is 0.955 bits per heavy atom. The van der Waals surface area contributed by atoms with Crippen LogP contribution in [0.1, 0.15) is 58.8 Å². The Morgan fingerprint density at radius 3 is 2.14 bits per heavy atom. The summed E-state index contributed by atoms with van der Waals surface area (Å²) in [5.74, 6) is -0.499. The van der Waals surface area contributed by atoms with Crippen LogP contribution < -0.4 is 0 Å². The van der Waals surface area contributed by atoms with Crippen LogP contribution in [0.5, 0.6) is 0 Å². The Morgan fingerprint density at radius 2 is 1.59 bits per heavy atom. The highest BCUT2D eigenvalue weighted by molar-refractivity contribution is 5.72. The number of hydrogen-bond donors (Lipinski definition) is 0. The van der Waals surface area contributed by atoms with E-state index in [1.54, 1.807) is 0 Å². The van der Waals surface area contributed by atoms with Crippen LogP contribution in [-0.4, -0.2) is 56.8 Å². The van der Waals surface area contributed by atoms with Gasteiger partial charge in [0.05, 0.1) is 34.2 Å². The Kier molecular flexibility index (Phi) is 10.9. The minimum absolute atomic E-state index is 0.138. The largest absolute Gasteiger partial charge is 0.466 e. The fourth-order valence-electron chi connectivity index (χ4n) is 2.09. The molecule has 5 heteroatoms. The molecule has 0 aliphatic rings. The molecule has 0 radical (unpaired) electrons. The third kappa shape index (κ3) is 12.6. The molecule has 1 atom stereocenters. The molecular weight excluding hydrogens is 282 g/mol. The predicted molar refractivity (Wildman–Crippen MR) is 87.4 cm³/mol. The molecule has 0 saturated heterocycles. The van der Waals surface area contributed by atoms with Gasteiger partial charge < -0.3 is 14.0 Å². The van der Waals surface area contributed by atoms with Crippen LogP contribution in [0, 0.1) is 0 Å². The predicted octanol–water partition coefficient (Wildman–Crippen LogP) is 2.92.